The molecule has 5 nitrogen and oxygen atoms in total. The molecule has 0 aromatic heterocycles. The summed E-state index contributed by atoms with van der Waals surface area (Å²) in [5.74, 6) is -1.18. The molecule has 0 spiro atoms. The number of amides is 1. The number of hydrogen-bond donors (Lipinski definition) is 2. The third-order valence-corrected chi connectivity index (χ3v) is 2.73. The number of nitrogens with zero attached hydrogens (tertiary/aromatic N) is 1. The van der Waals surface area contributed by atoms with Crippen LogP contribution in [0.25, 0.3) is 0 Å². The Labute approximate surface area is 106 Å². The van der Waals surface area contributed by atoms with Gasteiger partial charge in [0.25, 0.3) is 0 Å². The minimum atomic E-state index is -1.09. The quantitative estimate of drug-likeness (QED) is 0.784. The van der Waals surface area contributed by atoms with Gasteiger partial charge in [-0.25, -0.2) is 4.79 Å². The topological polar surface area (TPSA) is 83.6 Å². The molecule has 0 atom stereocenters. The van der Waals surface area contributed by atoms with E-state index in [9.17, 15) is 9.59 Å². The Hall–Kier alpha value is -2.04. The molecule has 0 saturated carbocycles. The van der Waals surface area contributed by atoms with Gasteiger partial charge in [-0.1, -0.05) is 13.3 Å². The lowest BCUT2D eigenvalue weighted by Gasteiger charge is -2.19. The van der Waals surface area contributed by atoms with Gasteiger partial charge in [0.2, 0.25) is 5.91 Å². The van der Waals surface area contributed by atoms with Crippen molar-refractivity contribution in [3.05, 3.63) is 23.8 Å². The van der Waals surface area contributed by atoms with Crippen molar-refractivity contribution in [2.75, 3.05) is 17.7 Å². The Kier molecular flexibility index (Phi) is 4.71. The highest BCUT2D eigenvalue weighted by atomic mass is 16.4. The van der Waals surface area contributed by atoms with Crippen molar-refractivity contribution in [3.63, 3.8) is 0 Å². The minimum absolute atomic E-state index is 0.0438. The molecule has 3 N–H and O–H groups in total. The molecule has 98 valence electrons. The van der Waals surface area contributed by atoms with E-state index >= 15 is 0 Å². The van der Waals surface area contributed by atoms with Gasteiger partial charge in [-0.05, 0) is 24.6 Å². The third-order valence-electron chi connectivity index (χ3n) is 2.73. The number of unbranched alkanes of at least 4 members (excludes halogenated alkanes) is 1. The van der Waals surface area contributed by atoms with Crippen LogP contribution < -0.4 is 10.6 Å². The Morgan fingerprint density at radius 1 is 1.39 bits per heavy atom. The minimum Gasteiger partial charge on any atom is -0.478 e. The van der Waals surface area contributed by atoms with Crippen LogP contribution in [-0.2, 0) is 4.79 Å². The number of aromatic carboxylic acids is 1. The van der Waals surface area contributed by atoms with E-state index in [0.717, 1.165) is 12.8 Å². The SMILES string of the molecule is CCCCC(=O)N(C)c1ccc(N)cc1C(=O)O. The number of carboxylic acid groups (broad SMARTS) is 1. The molecule has 0 fully saturated rings. The summed E-state index contributed by atoms with van der Waals surface area (Å²) in [6.45, 7) is 2.00. The summed E-state index contributed by atoms with van der Waals surface area (Å²) in [5.41, 5.74) is 6.34. The number of carbonyl (C=O) groups excluding carboxylic acids is 1. The first-order valence-electron chi connectivity index (χ1n) is 5.86. The predicted molar refractivity (Wildman–Crippen MR) is 70.7 cm³/mol. The molecule has 0 saturated heterocycles. The third kappa shape index (κ3) is 3.23. The zero-order valence-corrected chi connectivity index (χ0v) is 10.6. The van der Waals surface area contributed by atoms with E-state index < -0.39 is 5.97 Å². The first-order chi connectivity index (χ1) is 8.47. The first kappa shape index (κ1) is 14.0. The zero-order chi connectivity index (χ0) is 13.7. The molecule has 0 aliphatic heterocycles. The number of carboxylic acids is 1. The van der Waals surface area contributed by atoms with Gasteiger partial charge in [0.05, 0.1) is 11.3 Å². The Morgan fingerprint density at radius 3 is 2.61 bits per heavy atom. The summed E-state index contributed by atoms with van der Waals surface area (Å²) in [4.78, 5) is 24.4. The van der Waals surface area contributed by atoms with Crippen LogP contribution in [0, 0.1) is 0 Å². The van der Waals surface area contributed by atoms with Gasteiger partial charge in [0.1, 0.15) is 0 Å². The average molecular weight is 250 g/mol. The number of nitrogen functional groups attached to an aromatic ring is 1. The molecule has 1 aromatic rings. The van der Waals surface area contributed by atoms with E-state index in [2.05, 4.69) is 0 Å². The van der Waals surface area contributed by atoms with Crippen LogP contribution in [0.3, 0.4) is 0 Å². The Balaban J connectivity index is 3.01. The second-order valence-electron chi connectivity index (χ2n) is 4.14. The number of hydrogen-bond acceptors (Lipinski definition) is 3. The Bertz CT molecular complexity index is 458. The monoisotopic (exact) mass is 250 g/mol. The molecular formula is C13H18N2O3. The van der Waals surface area contributed by atoms with Crippen LogP contribution >= 0.6 is 0 Å². The summed E-state index contributed by atoms with van der Waals surface area (Å²) in [6.07, 6.45) is 2.13. The van der Waals surface area contributed by atoms with E-state index in [0.29, 0.717) is 17.8 Å². The predicted octanol–water partition coefficient (Wildman–Crippen LogP) is 2.12. The molecule has 18 heavy (non-hydrogen) atoms. The van der Waals surface area contributed by atoms with Crippen LogP contribution in [0.1, 0.15) is 36.5 Å². The second-order valence-corrected chi connectivity index (χ2v) is 4.14. The fourth-order valence-corrected chi connectivity index (χ4v) is 1.65. The summed E-state index contributed by atoms with van der Waals surface area (Å²) in [5, 5.41) is 9.10. The van der Waals surface area contributed by atoms with Crippen molar-refractivity contribution in [1.29, 1.82) is 0 Å². The molecule has 1 aromatic carbocycles. The van der Waals surface area contributed by atoms with Gasteiger partial charge in [-0.2, -0.15) is 0 Å². The summed E-state index contributed by atoms with van der Waals surface area (Å²) < 4.78 is 0. The van der Waals surface area contributed by atoms with E-state index in [1.807, 2.05) is 6.92 Å². The molecular weight excluding hydrogens is 232 g/mol. The fraction of sp³-hybridized carbons (Fsp3) is 0.385. The van der Waals surface area contributed by atoms with Gasteiger partial charge >= 0.3 is 5.97 Å². The summed E-state index contributed by atoms with van der Waals surface area (Å²) in [6, 6.07) is 4.51. The average Bonchev–Trinajstić information content (AvgIpc) is 2.34. The smallest absolute Gasteiger partial charge is 0.337 e. The molecule has 5 heteroatoms. The van der Waals surface area contributed by atoms with Gasteiger partial charge < -0.3 is 15.7 Å². The van der Waals surface area contributed by atoms with Gasteiger partial charge in [-0.3, -0.25) is 4.79 Å². The fourth-order valence-electron chi connectivity index (χ4n) is 1.65. The van der Waals surface area contributed by atoms with Crippen LogP contribution in [-0.4, -0.2) is 24.0 Å². The summed E-state index contributed by atoms with van der Waals surface area (Å²) in [7, 11) is 1.58. The highest BCUT2D eigenvalue weighted by molar-refractivity contribution is 6.02. The lowest BCUT2D eigenvalue weighted by molar-refractivity contribution is -0.118. The van der Waals surface area contributed by atoms with Crippen molar-refractivity contribution < 1.29 is 14.7 Å². The second kappa shape index (κ2) is 6.05. The van der Waals surface area contributed by atoms with Crippen LogP contribution in [0.15, 0.2) is 18.2 Å². The number of carbonyl (C=O) groups is 2. The number of rotatable bonds is 5. The summed E-state index contributed by atoms with van der Waals surface area (Å²) >= 11 is 0. The highest BCUT2D eigenvalue weighted by Crippen LogP contribution is 2.23. The first-order valence-corrected chi connectivity index (χ1v) is 5.86. The van der Waals surface area contributed by atoms with Crippen LogP contribution in [0.5, 0.6) is 0 Å². The van der Waals surface area contributed by atoms with Crippen molar-refractivity contribution >= 4 is 23.3 Å². The van der Waals surface area contributed by atoms with Gasteiger partial charge in [0, 0.05) is 19.2 Å². The van der Waals surface area contributed by atoms with E-state index in [1.54, 1.807) is 19.2 Å². The number of nitrogens with two attached hydrogens (primary N) is 1. The molecule has 0 aliphatic rings. The maximum Gasteiger partial charge on any atom is 0.337 e. The number of benzene rings is 1. The maximum atomic E-state index is 11.9. The van der Waals surface area contributed by atoms with Gasteiger partial charge in [-0.15, -0.1) is 0 Å². The molecule has 0 radical (unpaired) electrons. The molecule has 0 unspecified atom stereocenters. The van der Waals surface area contributed by atoms with E-state index in [1.165, 1.54) is 11.0 Å². The molecule has 0 bridgehead atoms. The standard InChI is InChI=1S/C13H18N2O3/c1-3-4-5-12(16)15(2)11-7-6-9(14)8-10(11)13(17)18/h6-8H,3-5,14H2,1-2H3,(H,17,18). The zero-order valence-electron chi connectivity index (χ0n) is 10.6. The normalized spacial score (nSPS) is 10.1. The molecule has 0 heterocycles. The molecule has 1 amide bonds. The van der Waals surface area contributed by atoms with Crippen LogP contribution in [0.2, 0.25) is 0 Å². The highest BCUT2D eigenvalue weighted by Gasteiger charge is 2.18. The van der Waals surface area contributed by atoms with Crippen LogP contribution in [0.4, 0.5) is 11.4 Å². The maximum absolute atomic E-state index is 11.9. The molecule has 1 rings (SSSR count). The van der Waals surface area contributed by atoms with Gasteiger partial charge in [0.15, 0.2) is 0 Å². The number of anilines is 2. The van der Waals surface area contributed by atoms with Crippen molar-refractivity contribution in [2.24, 2.45) is 0 Å². The van der Waals surface area contributed by atoms with E-state index in [-0.39, 0.29) is 11.5 Å². The largest absolute Gasteiger partial charge is 0.478 e. The Morgan fingerprint density at radius 2 is 2.06 bits per heavy atom. The van der Waals surface area contributed by atoms with Crippen molar-refractivity contribution in [1.82, 2.24) is 0 Å². The van der Waals surface area contributed by atoms with E-state index in [4.69, 9.17) is 10.8 Å². The lowest BCUT2D eigenvalue weighted by Crippen LogP contribution is -2.27. The van der Waals surface area contributed by atoms with Crippen molar-refractivity contribution in [3.8, 4) is 0 Å². The van der Waals surface area contributed by atoms with Crippen molar-refractivity contribution in [2.45, 2.75) is 26.2 Å². The lowest BCUT2D eigenvalue weighted by atomic mass is 10.1. The molecule has 0 aliphatic carbocycles.